The van der Waals surface area contributed by atoms with Gasteiger partial charge in [-0.3, -0.25) is 4.79 Å². The van der Waals surface area contributed by atoms with Crippen LogP contribution >= 0.6 is 23.2 Å². The highest BCUT2D eigenvalue weighted by Gasteiger charge is 2.19. The molecule has 6 heteroatoms. The minimum absolute atomic E-state index is 0.0675. The molecule has 1 aliphatic heterocycles. The topological polar surface area (TPSA) is 38.8 Å². The van der Waals surface area contributed by atoms with Gasteiger partial charge in [-0.1, -0.05) is 47.5 Å². The molecule has 0 fully saturated rings. The average molecular weight is 394 g/mol. The van der Waals surface area contributed by atoms with Crippen LogP contribution in [0, 0.1) is 0 Å². The predicted octanol–water partition coefficient (Wildman–Crippen LogP) is 4.75. The molecule has 0 saturated heterocycles. The zero-order valence-electron chi connectivity index (χ0n) is 14.6. The number of hydrogen-bond acceptors (Lipinski definition) is 3. The summed E-state index contributed by atoms with van der Waals surface area (Å²) in [7, 11) is 0. The zero-order valence-corrected chi connectivity index (χ0v) is 16.1. The van der Waals surface area contributed by atoms with Crippen molar-refractivity contribution < 1.29 is 14.3 Å². The molecule has 26 heavy (non-hydrogen) atoms. The van der Waals surface area contributed by atoms with Crippen molar-refractivity contribution in [3.63, 3.8) is 0 Å². The van der Waals surface area contributed by atoms with Crippen LogP contribution in [0.5, 0.6) is 11.5 Å². The maximum atomic E-state index is 12.7. The van der Waals surface area contributed by atoms with E-state index in [0.29, 0.717) is 49.2 Å². The summed E-state index contributed by atoms with van der Waals surface area (Å²) in [5.41, 5.74) is 1.84. The number of amides is 1. The maximum Gasteiger partial charge on any atom is 0.223 e. The second kappa shape index (κ2) is 8.65. The quantitative estimate of drug-likeness (QED) is 0.710. The molecule has 0 aliphatic carbocycles. The van der Waals surface area contributed by atoms with Crippen LogP contribution in [0.4, 0.5) is 0 Å². The number of benzene rings is 2. The third-order valence-corrected chi connectivity index (χ3v) is 5.24. The molecule has 1 amide bonds. The molecular formula is C20H21Cl2NO3. The van der Waals surface area contributed by atoms with E-state index in [4.69, 9.17) is 32.7 Å². The van der Waals surface area contributed by atoms with Gasteiger partial charge in [0.05, 0.1) is 10.0 Å². The third kappa shape index (κ3) is 4.25. The Bertz CT molecular complexity index is 795. The number of fused-ring (bicyclic) bond motifs is 1. The van der Waals surface area contributed by atoms with Gasteiger partial charge >= 0.3 is 0 Å². The number of halogens is 2. The van der Waals surface area contributed by atoms with Crippen LogP contribution in [0.3, 0.4) is 0 Å². The first kappa shape index (κ1) is 18.9. The van der Waals surface area contributed by atoms with Crippen LogP contribution in [0.25, 0.3) is 0 Å². The van der Waals surface area contributed by atoms with Crippen molar-refractivity contribution in [1.29, 1.82) is 0 Å². The van der Waals surface area contributed by atoms with E-state index >= 15 is 0 Å². The SMILES string of the molecule is CCN(Cc1cccc2c1OCCO2)C(=O)CCc1cccc(Cl)c1Cl. The summed E-state index contributed by atoms with van der Waals surface area (Å²) in [6.07, 6.45) is 0.932. The van der Waals surface area contributed by atoms with Crippen molar-refractivity contribution in [2.45, 2.75) is 26.3 Å². The Morgan fingerprint density at radius 1 is 1.08 bits per heavy atom. The first-order valence-corrected chi connectivity index (χ1v) is 9.44. The Kier molecular flexibility index (Phi) is 6.28. The van der Waals surface area contributed by atoms with Gasteiger partial charge in [0.25, 0.3) is 0 Å². The maximum absolute atomic E-state index is 12.7. The molecule has 0 spiro atoms. The summed E-state index contributed by atoms with van der Waals surface area (Å²) in [5.74, 6) is 1.55. The molecule has 0 radical (unpaired) electrons. The van der Waals surface area contributed by atoms with Crippen molar-refractivity contribution >= 4 is 29.1 Å². The normalized spacial score (nSPS) is 12.7. The number of hydrogen-bond donors (Lipinski definition) is 0. The summed E-state index contributed by atoms with van der Waals surface area (Å²) in [5, 5.41) is 1.03. The monoisotopic (exact) mass is 393 g/mol. The van der Waals surface area contributed by atoms with Gasteiger partial charge in [0.2, 0.25) is 5.91 Å². The fraction of sp³-hybridized carbons (Fsp3) is 0.350. The summed E-state index contributed by atoms with van der Waals surface area (Å²) in [4.78, 5) is 14.5. The lowest BCUT2D eigenvalue weighted by atomic mass is 10.1. The van der Waals surface area contributed by atoms with E-state index in [2.05, 4.69) is 0 Å². The molecule has 0 aromatic heterocycles. The summed E-state index contributed by atoms with van der Waals surface area (Å²) < 4.78 is 11.4. The molecule has 0 saturated carbocycles. The molecule has 1 aliphatic rings. The van der Waals surface area contributed by atoms with Crippen molar-refractivity contribution in [2.75, 3.05) is 19.8 Å². The van der Waals surface area contributed by atoms with Gasteiger partial charge in [-0.15, -0.1) is 0 Å². The number of nitrogens with zero attached hydrogens (tertiary/aromatic N) is 1. The molecule has 4 nitrogen and oxygen atoms in total. The first-order valence-electron chi connectivity index (χ1n) is 8.68. The highest BCUT2D eigenvalue weighted by molar-refractivity contribution is 6.42. The van der Waals surface area contributed by atoms with Gasteiger partial charge in [-0.25, -0.2) is 0 Å². The molecule has 138 valence electrons. The molecule has 3 rings (SSSR count). The summed E-state index contributed by atoms with van der Waals surface area (Å²) in [6, 6.07) is 11.3. The Morgan fingerprint density at radius 3 is 2.62 bits per heavy atom. The number of rotatable bonds is 6. The van der Waals surface area contributed by atoms with Crippen molar-refractivity contribution in [3.05, 3.63) is 57.6 Å². The van der Waals surface area contributed by atoms with Gasteiger partial charge < -0.3 is 14.4 Å². The molecule has 2 aromatic carbocycles. The lowest BCUT2D eigenvalue weighted by Crippen LogP contribution is -2.31. The third-order valence-electron chi connectivity index (χ3n) is 4.38. The molecule has 0 bridgehead atoms. The molecule has 1 heterocycles. The largest absolute Gasteiger partial charge is 0.486 e. The Morgan fingerprint density at radius 2 is 1.81 bits per heavy atom. The average Bonchev–Trinajstić information content (AvgIpc) is 2.67. The van der Waals surface area contributed by atoms with E-state index in [1.165, 1.54) is 0 Å². The molecule has 0 atom stereocenters. The highest BCUT2D eigenvalue weighted by Crippen LogP contribution is 2.34. The number of ether oxygens (including phenoxy) is 2. The van der Waals surface area contributed by atoms with E-state index < -0.39 is 0 Å². The van der Waals surface area contributed by atoms with Gasteiger partial charge in [0.1, 0.15) is 13.2 Å². The Hall–Kier alpha value is -1.91. The molecular weight excluding hydrogens is 373 g/mol. The first-order chi connectivity index (χ1) is 12.6. The van der Waals surface area contributed by atoms with Crippen LogP contribution in [0.2, 0.25) is 10.0 Å². The number of aryl methyl sites for hydroxylation is 1. The van der Waals surface area contributed by atoms with Gasteiger partial charge in [-0.2, -0.15) is 0 Å². The minimum atomic E-state index is 0.0675. The lowest BCUT2D eigenvalue weighted by molar-refractivity contribution is -0.131. The zero-order chi connectivity index (χ0) is 18.5. The lowest BCUT2D eigenvalue weighted by Gasteiger charge is -2.25. The van der Waals surface area contributed by atoms with Gasteiger partial charge in [0.15, 0.2) is 11.5 Å². The van der Waals surface area contributed by atoms with Crippen molar-refractivity contribution in [2.24, 2.45) is 0 Å². The van der Waals surface area contributed by atoms with E-state index in [0.717, 1.165) is 22.6 Å². The number of para-hydroxylation sites is 1. The van der Waals surface area contributed by atoms with Crippen LogP contribution < -0.4 is 9.47 Å². The Balaban J connectivity index is 1.67. The van der Waals surface area contributed by atoms with Crippen molar-refractivity contribution in [1.82, 2.24) is 4.90 Å². The fourth-order valence-corrected chi connectivity index (χ4v) is 3.40. The number of carbonyl (C=O) groups excluding carboxylic acids is 1. The van der Waals surface area contributed by atoms with Gasteiger partial charge in [0, 0.05) is 25.1 Å². The second-order valence-electron chi connectivity index (χ2n) is 6.06. The predicted molar refractivity (Wildman–Crippen MR) is 103 cm³/mol. The molecule has 2 aromatic rings. The van der Waals surface area contributed by atoms with E-state index in [1.54, 1.807) is 6.07 Å². The molecule has 0 N–H and O–H groups in total. The fourth-order valence-electron chi connectivity index (χ4n) is 2.98. The molecule has 0 unspecified atom stereocenters. The van der Waals surface area contributed by atoms with E-state index in [1.807, 2.05) is 42.2 Å². The summed E-state index contributed by atoms with van der Waals surface area (Å²) >= 11 is 12.3. The van der Waals surface area contributed by atoms with Crippen molar-refractivity contribution in [3.8, 4) is 11.5 Å². The number of carbonyl (C=O) groups is 1. The van der Waals surface area contributed by atoms with Crippen LogP contribution in [-0.4, -0.2) is 30.6 Å². The van der Waals surface area contributed by atoms with E-state index in [9.17, 15) is 4.79 Å². The highest BCUT2D eigenvalue weighted by atomic mass is 35.5. The smallest absolute Gasteiger partial charge is 0.223 e. The van der Waals surface area contributed by atoms with Crippen LogP contribution in [0.1, 0.15) is 24.5 Å². The van der Waals surface area contributed by atoms with E-state index in [-0.39, 0.29) is 5.91 Å². The Labute approximate surface area is 163 Å². The van der Waals surface area contributed by atoms with Crippen LogP contribution in [0.15, 0.2) is 36.4 Å². The van der Waals surface area contributed by atoms with Gasteiger partial charge in [-0.05, 0) is 31.0 Å². The summed E-state index contributed by atoms with van der Waals surface area (Å²) in [6.45, 7) is 4.15. The van der Waals surface area contributed by atoms with Crippen LogP contribution in [-0.2, 0) is 17.8 Å². The standard InChI is InChI=1S/C20H21Cl2NO3/c1-2-23(13-15-6-4-8-17-20(15)26-12-11-25-17)18(24)10-9-14-5-3-7-16(21)19(14)22/h3-8H,2,9-13H2,1H3. The second-order valence-corrected chi connectivity index (χ2v) is 6.85. The minimum Gasteiger partial charge on any atom is -0.486 e.